The summed E-state index contributed by atoms with van der Waals surface area (Å²) in [4.78, 5) is 36.9. The molecule has 0 heterocycles. The maximum atomic E-state index is 12.7. The van der Waals surface area contributed by atoms with Gasteiger partial charge in [0.05, 0.1) is 6.61 Å². The lowest BCUT2D eigenvalue weighted by Crippen LogP contribution is -2.46. The number of amides is 1. The molecule has 1 atom stereocenters. The monoisotopic (exact) mass is 471 g/mol. The zero-order valence-corrected chi connectivity index (χ0v) is 20.3. The Morgan fingerprint density at radius 2 is 1.62 bits per heavy atom. The second-order valence-electron chi connectivity index (χ2n) is 9.20. The van der Waals surface area contributed by atoms with Gasteiger partial charge in [0.25, 0.3) is 0 Å². The highest BCUT2D eigenvalue weighted by Gasteiger charge is 2.28. The molecular formula is C26H33NO7. The van der Waals surface area contributed by atoms with E-state index in [-0.39, 0.29) is 18.9 Å². The van der Waals surface area contributed by atoms with E-state index in [2.05, 4.69) is 5.32 Å². The third kappa shape index (κ3) is 10.4. The number of carbonyl (C=O) groups is 3. The van der Waals surface area contributed by atoms with E-state index in [1.165, 1.54) is 0 Å². The van der Waals surface area contributed by atoms with E-state index in [9.17, 15) is 14.4 Å². The lowest BCUT2D eigenvalue weighted by atomic mass is 10.1. The minimum absolute atomic E-state index is 0.0536. The lowest BCUT2D eigenvalue weighted by molar-refractivity contribution is -0.142. The minimum atomic E-state index is -1.18. The van der Waals surface area contributed by atoms with Crippen LogP contribution in [0, 0.1) is 5.92 Å². The number of benzene rings is 2. The Morgan fingerprint density at radius 1 is 0.941 bits per heavy atom. The summed E-state index contributed by atoms with van der Waals surface area (Å²) in [5, 5.41) is 2.49. The second kappa shape index (κ2) is 12.6. The summed E-state index contributed by atoms with van der Waals surface area (Å²) < 4.78 is 20.8. The molecule has 0 fully saturated rings. The van der Waals surface area contributed by atoms with Crippen LogP contribution in [0.15, 0.2) is 54.6 Å². The lowest BCUT2D eigenvalue weighted by Gasteiger charge is -2.23. The standard InChI is InChI=1S/C26H33NO7/c1-18(2)16-32-25(30)33-23(28)22(27-24(29)34-26(3,4)5)15-20-12-9-13-21(14-20)31-17-19-10-7-6-8-11-19/h6-14,18,22H,15-17H2,1-5H3,(H,27,29)/t22-/m0/s1. The van der Waals surface area contributed by atoms with Crippen LogP contribution in [0.5, 0.6) is 5.75 Å². The molecule has 1 amide bonds. The maximum Gasteiger partial charge on any atom is 0.516 e. The van der Waals surface area contributed by atoms with E-state index < -0.39 is 29.9 Å². The summed E-state index contributed by atoms with van der Waals surface area (Å²) in [6, 6.07) is 15.6. The molecule has 0 saturated carbocycles. The molecule has 0 saturated heterocycles. The molecule has 0 unspecified atom stereocenters. The van der Waals surface area contributed by atoms with E-state index in [0.29, 0.717) is 17.9 Å². The molecule has 2 rings (SSSR count). The van der Waals surface area contributed by atoms with Crippen LogP contribution in [0.1, 0.15) is 45.7 Å². The third-order valence-corrected chi connectivity index (χ3v) is 4.28. The van der Waals surface area contributed by atoms with Gasteiger partial charge in [0.1, 0.15) is 24.0 Å². The number of alkyl carbamates (subject to hydrolysis) is 1. The predicted octanol–water partition coefficient (Wildman–Crippen LogP) is 5.04. The molecule has 2 aromatic rings. The van der Waals surface area contributed by atoms with Gasteiger partial charge >= 0.3 is 18.2 Å². The molecule has 0 aliphatic carbocycles. The predicted molar refractivity (Wildman–Crippen MR) is 126 cm³/mol. The van der Waals surface area contributed by atoms with Gasteiger partial charge in [-0.3, -0.25) is 0 Å². The van der Waals surface area contributed by atoms with Crippen LogP contribution in [0.25, 0.3) is 0 Å². The number of hydrogen-bond donors (Lipinski definition) is 1. The molecule has 34 heavy (non-hydrogen) atoms. The van der Waals surface area contributed by atoms with Crippen LogP contribution in [0.4, 0.5) is 9.59 Å². The average molecular weight is 472 g/mol. The van der Waals surface area contributed by atoms with Crippen molar-refractivity contribution >= 4 is 18.2 Å². The van der Waals surface area contributed by atoms with Crippen molar-refractivity contribution in [1.82, 2.24) is 5.32 Å². The molecular weight excluding hydrogens is 438 g/mol. The van der Waals surface area contributed by atoms with Gasteiger partial charge in [0.15, 0.2) is 0 Å². The van der Waals surface area contributed by atoms with Crippen molar-refractivity contribution in [1.29, 1.82) is 0 Å². The number of ether oxygens (including phenoxy) is 4. The van der Waals surface area contributed by atoms with Gasteiger partial charge in [-0.15, -0.1) is 0 Å². The smallest absolute Gasteiger partial charge is 0.489 e. The number of carbonyl (C=O) groups excluding carboxylic acids is 3. The summed E-state index contributed by atoms with van der Waals surface area (Å²) in [5.74, 6) is -0.269. The van der Waals surface area contributed by atoms with Crippen molar-refractivity contribution in [3.63, 3.8) is 0 Å². The van der Waals surface area contributed by atoms with Crippen LogP contribution in [0.3, 0.4) is 0 Å². The van der Waals surface area contributed by atoms with Gasteiger partial charge in [-0.2, -0.15) is 0 Å². The quantitative estimate of drug-likeness (QED) is 0.404. The first-order valence-electron chi connectivity index (χ1n) is 11.2. The molecule has 184 valence electrons. The van der Waals surface area contributed by atoms with Gasteiger partial charge in [0.2, 0.25) is 0 Å². The Bertz CT molecular complexity index is 951. The fourth-order valence-electron chi connectivity index (χ4n) is 2.80. The molecule has 0 aliphatic heterocycles. The van der Waals surface area contributed by atoms with Crippen molar-refractivity contribution in [2.45, 2.75) is 59.3 Å². The summed E-state index contributed by atoms with van der Waals surface area (Å²) in [6.07, 6.45) is -1.87. The van der Waals surface area contributed by atoms with Crippen molar-refractivity contribution in [3.8, 4) is 5.75 Å². The largest absolute Gasteiger partial charge is 0.516 e. The maximum absolute atomic E-state index is 12.7. The van der Waals surface area contributed by atoms with Gasteiger partial charge < -0.3 is 24.3 Å². The van der Waals surface area contributed by atoms with E-state index in [1.807, 2.05) is 44.2 Å². The fraction of sp³-hybridized carbons (Fsp3) is 0.423. The Balaban J connectivity index is 2.09. The van der Waals surface area contributed by atoms with Crippen LogP contribution >= 0.6 is 0 Å². The third-order valence-electron chi connectivity index (χ3n) is 4.28. The van der Waals surface area contributed by atoms with Gasteiger partial charge in [0, 0.05) is 6.42 Å². The second-order valence-corrected chi connectivity index (χ2v) is 9.20. The van der Waals surface area contributed by atoms with E-state index >= 15 is 0 Å². The van der Waals surface area contributed by atoms with E-state index in [4.69, 9.17) is 18.9 Å². The molecule has 0 bridgehead atoms. The Labute approximate surface area is 200 Å². The molecule has 0 aromatic heterocycles. The molecule has 0 spiro atoms. The zero-order chi connectivity index (χ0) is 25.1. The molecule has 1 N–H and O–H groups in total. The summed E-state index contributed by atoms with van der Waals surface area (Å²) in [5.41, 5.74) is 0.944. The Kier molecular flexibility index (Phi) is 9.92. The number of esters is 1. The van der Waals surface area contributed by atoms with Gasteiger partial charge in [-0.05, 0) is 49.9 Å². The SMILES string of the molecule is CC(C)COC(=O)OC(=O)[C@H](Cc1cccc(OCc2ccccc2)c1)NC(=O)OC(C)(C)C. The summed E-state index contributed by atoms with van der Waals surface area (Å²) in [6.45, 7) is 9.32. The Hall–Kier alpha value is -3.55. The average Bonchev–Trinajstić information content (AvgIpc) is 2.75. The first-order chi connectivity index (χ1) is 16.0. The zero-order valence-electron chi connectivity index (χ0n) is 20.3. The number of hydrogen-bond acceptors (Lipinski definition) is 7. The highest BCUT2D eigenvalue weighted by atomic mass is 16.7. The van der Waals surface area contributed by atoms with Gasteiger partial charge in [-0.1, -0.05) is 56.3 Å². The van der Waals surface area contributed by atoms with Crippen LogP contribution in [0.2, 0.25) is 0 Å². The normalized spacial score (nSPS) is 11.9. The summed E-state index contributed by atoms with van der Waals surface area (Å²) in [7, 11) is 0. The van der Waals surface area contributed by atoms with Crippen LogP contribution in [-0.2, 0) is 32.0 Å². The van der Waals surface area contributed by atoms with Crippen molar-refractivity contribution in [2.24, 2.45) is 5.92 Å². The number of rotatable bonds is 9. The highest BCUT2D eigenvalue weighted by Crippen LogP contribution is 2.17. The summed E-state index contributed by atoms with van der Waals surface area (Å²) >= 11 is 0. The first kappa shape index (κ1) is 26.7. The molecule has 8 heteroatoms. The van der Waals surface area contributed by atoms with Crippen LogP contribution < -0.4 is 10.1 Å². The van der Waals surface area contributed by atoms with E-state index in [1.54, 1.807) is 45.0 Å². The topological polar surface area (TPSA) is 100 Å². The molecule has 0 radical (unpaired) electrons. The molecule has 2 aromatic carbocycles. The van der Waals surface area contributed by atoms with Crippen molar-refractivity contribution in [3.05, 3.63) is 65.7 Å². The molecule has 8 nitrogen and oxygen atoms in total. The fourth-order valence-corrected chi connectivity index (χ4v) is 2.80. The van der Waals surface area contributed by atoms with Crippen molar-refractivity contribution in [2.75, 3.05) is 6.61 Å². The van der Waals surface area contributed by atoms with Crippen molar-refractivity contribution < 1.29 is 33.3 Å². The minimum Gasteiger partial charge on any atom is -0.489 e. The van der Waals surface area contributed by atoms with Crippen LogP contribution in [-0.4, -0.2) is 36.5 Å². The number of nitrogens with one attached hydrogen (secondary N) is 1. The Morgan fingerprint density at radius 3 is 2.26 bits per heavy atom. The van der Waals surface area contributed by atoms with Gasteiger partial charge in [-0.25, -0.2) is 14.4 Å². The molecule has 0 aliphatic rings. The first-order valence-corrected chi connectivity index (χ1v) is 11.2. The van der Waals surface area contributed by atoms with E-state index in [0.717, 1.165) is 5.56 Å². The highest BCUT2D eigenvalue weighted by molar-refractivity contribution is 5.88.